The van der Waals surface area contributed by atoms with Gasteiger partial charge in [0.05, 0.1) is 0 Å². The van der Waals surface area contributed by atoms with Crippen molar-refractivity contribution in [1.29, 1.82) is 0 Å². The third kappa shape index (κ3) is 9.67. The maximum absolute atomic E-state index is 11.8. The molecule has 82 valence electrons. The summed E-state index contributed by atoms with van der Waals surface area (Å²) >= 11 is 0. The fourth-order valence-corrected chi connectivity index (χ4v) is 0.431. The lowest BCUT2D eigenvalue weighted by atomic mass is 10.2. The van der Waals surface area contributed by atoms with Crippen LogP contribution in [-0.2, 0) is 4.74 Å². The molecule has 0 aliphatic carbocycles. The van der Waals surface area contributed by atoms with Crippen LogP contribution in [0.5, 0.6) is 0 Å². The zero-order chi connectivity index (χ0) is 11.1. The Labute approximate surface area is 78.3 Å². The molecule has 0 spiro atoms. The van der Waals surface area contributed by atoms with Crippen LogP contribution >= 0.6 is 0 Å². The first-order valence-electron chi connectivity index (χ1n) is 4.52. The quantitative estimate of drug-likeness (QED) is 0.675. The predicted octanol–water partition coefficient (Wildman–Crippen LogP) is 3.64. The number of halogens is 3. The Morgan fingerprint density at radius 3 is 1.69 bits per heavy atom. The molecule has 1 atom stereocenters. The van der Waals surface area contributed by atoms with Crippen molar-refractivity contribution >= 4 is 0 Å². The van der Waals surface area contributed by atoms with E-state index in [1.54, 1.807) is 0 Å². The van der Waals surface area contributed by atoms with E-state index in [-0.39, 0.29) is 12.5 Å². The van der Waals surface area contributed by atoms with Gasteiger partial charge < -0.3 is 4.74 Å². The van der Waals surface area contributed by atoms with Gasteiger partial charge in [0.25, 0.3) is 0 Å². The van der Waals surface area contributed by atoms with E-state index in [0.29, 0.717) is 0 Å². The van der Waals surface area contributed by atoms with E-state index in [9.17, 15) is 13.2 Å². The molecule has 0 fully saturated rings. The Hall–Kier alpha value is -0.250. The Morgan fingerprint density at radius 2 is 1.46 bits per heavy atom. The summed E-state index contributed by atoms with van der Waals surface area (Å²) in [7, 11) is 0. The van der Waals surface area contributed by atoms with Gasteiger partial charge >= 0.3 is 6.18 Å². The van der Waals surface area contributed by atoms with Crippen molar-refractivity contribution in [2.45, 2.75) is 46.9 Å². The van der Waals surface area contributed by atoms with Crippen molar-refractivity contribution in [3.05, 3.63) is 0 Å². The second kappa shape index (κ2) is 7.18. The van der Waals surface area contributed by atoms with Crippen LogP contribution in [0, 0.1) is 5.92 Å². The summed E-state index contributed by atoms with van der Waals surface area (Å²) in [6.45, 7) is 8.79. The molecule has 0 bridgehead atoms. The van der Waals surface area contributed by atoms with Gasteiger partial charge in [0.2, 0.25) is 0 Å². The van der Waals surface area contributed by atoms with E-state index in [1.807, 2.05) is 27.7 Å². The van der Waals surface area contributed by atoms with Gasteiger partial charge in [-0.3, -0.25) is 0 Å². The Balaban J connectivity index is 0. The molecule has 4 heteroatoms. The molecule has 0 unspecified atom stereocenters. The fourth-order valence-electron chi connectivity index (χ4n) is 0.431. The molecule has 0 heterocycles. The lowest BCUT2D eigenvalue weighted by Gasteiger charge is -2.17. The van der Waals surface area contributed by atoms with Crippen LogP contribution in [0.3, 0.4) is 0 Å². The van der Waals surface area contributed by atoms with Gasteiger partial charge in [-0.2, -0.15) is 13.2 Å². The van der Waals surface area contributed by atoms with Crippen LogP contribution < -0.4 is 0 Å². The van der Waals surface area contributed by atoms with Crippen LogP contribution in [0.2, 0.25) is 0 Å². The lowest BCUT2D eigenvalue weighted by Crippen LogP contribution is -2.29. The molecule has 0 aliphatic rings. The normalized spacial score (nSPS) is 13.6. The van der Waals surface area contributed by atoms with E-state index in [2.05, 4.69) is 4.74 Å². The molecule has 0 saturated heterocycles. The minimum atomic E-state index is -4.23. The fraction of sp³-hybridized carbons (Fsp3) is 1.00. The summed E-state index contributed by atoms with van der Waals surface area (Å²) in [5.41, 5.74) is 0. The monoisotopic (exact) mass is 200 g/mol. The van der Waals surface area contributed by atoms with Gasteiger partial charge in [-0.25, -0.2) is 0 Å². The van der Waals surface area contributed by atoms with Crippen LogP contribution in [0.4, 0.5) is 13.2 Å². The van der Waals surface area contributed by atoms with Crippen LogP contribution in [0.25, 0.3) is 0 Å². The van der Waals surface area contributed by atoms with Crippen molar-refractivity contribution in [1.82, 2.24) is 0 Å². The van der Waals surface area contributed by atoms with E-state index >= 15 is 0 Å². The molecule has 0 saturated carbocycles. The van der Waals surface area contributed by atoms with E-state index in [1.165, 1.54) is 0 Å². The molecule has 0 rings (SSSR count). The lowest BCUT2D eigenvalue weighted by molar-refractivity contribution is -0.216. The molecule has 0 aromatic rings. The highest BCUT2D eigenvalue weighted by molar-refractivity contribution is 4.60. The number of alkyl halides is 3. The van der Waals surface area contributed by atoms with E-state index < -0.39 is 12.3 Å². The minimum Gasteiger partial charge on any atom is -0.369 e. The molecule has 0 aromatic heterocycles. The van der Waals surface area contributed by atoms with Gasteiger partial charge in [-0.1, -0.05) is 27.7 Å². The standard InChI is InChI=1S/C7H13F3O.C2H6/c1-5(2)4-11-6(3)7(8,9)10;1-2/h5-6H,4H2,1-3H3;1-2H3/t6-;/m1./s1. The summed E-state index contributed by atoms with van der Waals surface area (Å²) < 4.78 is 39.9. The third-order valence-corrected chi connectivity index (χ3v) is 1.14. The molecule has 13 heavy (non-hydrogen) atoms. The topological polar surface area (TPSA) is 9.23 Å². The summed E-state index contributed by atoms with van der Waals surface area (Å²) in [6.07, 6.45) is -5.88. The molecule has 1 nitrogen and oxygen atoms in total. The van der Waals surface area contributed by atoms with Gasteiger partial charge in [0, 0.05) is 6.61 Å². The Kier molecular flexibility index (Phi) is 8.42. The van der Waals surface area contributed by atoms with Crippen molar-refractivity contribution in [3.8, 4) is 0 Å². The zero-order valence-electron chi connectivity index (χ0n) is 8.90. The summed E-state index contributed by atoms with van der Waals surface area (Å²) in [4.78, 5) is 0. The number of rotatable bonds is 3. The maximum Gasteiger partial charge on any atom is 0.414 e. The highest BCUT2D eigenvalue weighted by atomic mass is 19.4. The largest absolute Gasteiger partial charge is 0.414 e. The van der Waals surface area contributed by atoms with Crippen molar-refractivity contribution < 1.29 is 17.9 Å². The number of ether oxygens (including phenoxy) is 1. The Morgan fingerprint density at radius 1 is 1.08 bits per heavy atom. The van der Waals surface area contributed by atoms with E-state index in [0.717, 1.165) is 6.92 Å². The van der Waals surface area contributed by atoms with Crippen LogP contribution in [0.1, 0.15) is 34.6 Å². The van der Waals surface area contributed by atoms with Crippen molar-refractivity contribution in [2.24, 2.45) is 5.92 Å². The first kappa shape index (κ1) is 15.2. The van der Waals surface area contributed by atoms with Gasteiger partial charge in [-0.15, -0.1) is 0 Å². The summed E-state index contributed by atoms with van der Waals surface area (Å²) in [6, 6.07) is 0. The summed E-state index contributed by atoms with van der Waals surface area (Å²) in [5, 5.41) is 0. The SMILES string of the molecule is CC.CC(C)CO[C@H](C)C(F)(F)F. The van der Waals surface area contributed by atoms with Gasteiger partial charge in [0.15, 0.2) is 6.10 Å². The first-order valence-corrected chi connectivity index (χ1v) is 4.52. The molecule has 0 N–H and O–H groups in total. The highest BCUT2D eigenvalue weighted by Crippen LogP contribution is 2.22. The molecule has 0 amide bonds. The second-order valence-corrected chi connectivity index (χ2v) is 2.91. The Bertz CT molecular complexity index is 110. The maximum atomic E-state index is 11.8. The molecule has 0 aromatic carbocycles. The van der Waals surface area contributed by atoms with Gasteiger partial charge in [-0.05, 0) is 12.8 Å². The van der Waals surface area contributed by atoms with E-state index in [4.69, 9.17) is 0 Å². The first-order chi connectivity index (χ1) is 5.84. The summed E-state index contributed by atoms with van der Waals surface area (Å²) in [5.74, 6) is 0.139. The third-order valence-electron chi connectivity index (χ3n) is 1.14. The molecule has 0 aliphatic heterocycles. The second-order valence-electron chi connectivity index (χ2n) is 2.91. The van der Waals surface area contributed by atoms with Crippen LogP contribution in [0.15, 0.2) is 0 Å². The van der Waals surface area contributed by atoms with Gasteiger partial charge in [0.1, 0.15) is 0 Å². The number of hydrogen-bond donors (Lipinski definition) is 0. The van der Waals surface area contributed by atoms with Crippen LogP contribution in [-0.4, -0.2) is 18.9 Å². The molecular weight excluding hydrogens is 181 g/mol. The van der Waals surface area contributed by atoms with Crippen molar-refractivity contribution in [2.75, 3.05) is 6.61 Å². The molecular formula is C9H19F3O. The predicted molar refractivity (Wildman–Crippen MR) is 47.7 cm³/mol. The smallest absolute Gasteiger partial charge is 0.369 e. The minimum absolute atomic E-state index is 0.139. The highest BCUT2D eigenvalue weighted by Gasteiger charge is 2.36. The average molecular weight is 200 g/mol. The van der Waals surface area contributed by atoms with Crippen molar-refractivity contribution in [3.63, 3.8) is 0 Å². The average Bonchev–Trinajstić information content (AvgIpc) is 2.02. The molecule has 0 radical (unpaired) electrons. The number of hydrogen-bond acceptors (Lipinski definition) is 1. The zero-order valence-corrected chi connectivity index (χ0v) is 8.90.